The van der Waals surface area contributed by atoms with E-state index in [2.05, 4.69) is 41.7 Å². The molecule has 0 aliphatic carbocycles. The number of aromatic nitrogens is 2. The van der Waals surface area contributed by atoms with Crippen molar-refractivity contribution < 1.29 is 0 Å². The molecule has 2 aromatic rings. The van der Waals surface area contributed by atoms with E-state index in [-0.39, 0.29) is 0 Å². The topological polar surface area (TPSA) is 29.0 Å². The van der Waals surface area contributed by atoms with E-state index in [9.17, 15) is 0 Å². The largest absolute Gasteiger partial charge is 0.353 e. The highest BCUT2D eigenvalue weighted by Crippen LogP contribution is 2.35. The van der Waals surface area contributed by atoms with Crippen LogP contribution in [-0.4, -0.2) is 22.6 Å². The lowest BCUT2D eigenvalue weighted by molar-refractivity contribution is 0.389. The summed E-state index contributed by atoms with van der Waals surface area (Å²) in [5.41, 5.74) is 0. The molecule has 0 N–H and O–H groups in total. The summed E-state index contributed by atoms with van der Waals surface area (Å²) in [6, 6.07) is 2.70. The van der Waals surface area contributed by atoms with Crippen molar-refractivity contribution in [3.05, 3.63) is 16.2 Å². The molecule has 1 saturated heterocycles. The van der Waals surface area contributed by atoms with E-state index < -0.39 is 0 Å². The molecule has 3 nitrogen and oxygen atoms in total. The number of rotatable bonds is 1. The summed E-state index contributed by atoms with van der Waals surface area (Å²) in [4.78, 5) is 13.5. The second kappa shape index (κ2) is 4.91. The minimum atomic E-state index is 0.356. The molecule has 5 heteroatoms. The third kappa shape index (κ3) is 2.43. The molecule has 1 aliphatic rings. The van der Waals surface area contributed by atoms with Gasteiger partial charge in [0.1, 0.15) is 10.6 Å². The van der Waals surface area contributed by atoms with Crippen LogP contribution in [0.5, 0.6) is 0 Å². The first-order valence-corrected chi connectivity index (χ1v) is 7.94. The van der Waals surface area contributed by atoms with E-state index in [1.165, 1.54) is 17.7 Å². The maximum Gasteiger partial charge on any atom is 0.225 e. The number of hydrogen-bond acceptors (Lipinski definition) is 4. The molecular weight excluding hydrogens is 278 g/mol. The highest BCUT2D eigenvalue weighted by Gasteiger charge is 2.26. The summed E-state index contributed by atoms with van der Waals surface area (Å²) in [6.45, 7) is 7.73. The van der Waals surface area contributed by atoms with Crippen molar-refractivity contribution in [3.8, 4) is 0 Å². The Morgan fingerprint density at radius 2 is 2.11 bits per heavy atom. The molecule has 3 rings (SSSR count). The van der Waals surface area contributed by atoms with E-state index in [1.54, 1.807) is 11.3 Å². The fourth-order valence-corrected chi connectivity index (χ4v) is 3.89. The van der Waals surface area contributed by atoms with Gasteiger partial charge in [-0.25, -0.2) is 4.98 Å². The molecule has 2 unspecified atom stereocenters. The van der Waals surface area contributed by atoms with Gasteiger partial charge in [0, 0.05) is 17.5 Å². The number of aryl methyl sites for hydroxylation is 1. The van der Waals surface area contributed by atoms with Crippen LogP contribution in [0, 0.1) is 12.8 Å². The molecule has 0 spiro atoms. The molecule has 1 fully saturated rings. The summed E-state index contributed by atoms with van der Waals surface area (Å²) in [5, 5.41) is 1.50. The maximum absolute atomic E-state index is 6.09. The number of piperidine rings is 1. The number of anilines is 1. The van der Waals surface area contributed by atoms with Crippen molar-refractivity contribution in [3.63, 3.8) is 0 Å². The Hall–Kier alpha value is -0.870. The van der Waals surface area contributed by atoms with Gasteiger partial charge in [0.25, 0.3) is 0 Å². The van der Waals surface area contributed by atoms with Gasteiger partial charge in [-0.15, -0.1) is 11.3 Å². The Morgan fingerprint density at radius 1 is 1.32 bits per heavy atom. The van der Waals surface area contributed by atoms with Crippen LogP contribution in [0.25, 0.3) is 10.2 Å². The molecule has 0 bridgehead atoms. The van der Waals surface area contributed by atoms with Gasteiger partial charge < -0.3 is 4.90 Å². The van der Waals surface area contributed by atoms with Crippen LogP contribution in [-0.2, 0) is 0 Å². The molecule has 102 valence electrons. The molecule has 2 atom stereocenters. The first kappa shape index (κ1) is 13.1. The summed E-state index contributed by atoms with van der Waals surface area (Å²) < 4.78 is 0. The van der Waals surface area contributed by atoms with Crippen molar-refractivity contribution in [2.24, 2.45) is 5.92 Å². The zero-order valence-corrected chi connectivity index (χ0v) is 13.1. The fraction of sp³-hybridized carbons (Fsp3) is 0.571. The summed E-state index contributed by atoms with van der Waals surface area (Å²) in [6.07, 6.45) is 2.51. The van der Waals surface area contributed by atoms with Crippen molar-refractivity contribution >= 4 is 39.0 Å². The number of nitrogens with zero attached hydrogens (tertiary/aromatic N) is 3. The van der Waals surface area contributed by atoms with E-state index in [1.807, 2.05) is 0 Å². The van der Waals surface area contributed by atoms with Crippen LogP contribution in [0.3, 0.4) is 0 Å². The summed E-state index contributed by atoms with van der Waals surface area (Å²) in [5.74, 6) is 1.72. The van der Waals surface area contributed by atoms with Crippen molar-refractivity contribution in [1.82, 2.24) is 9.97 Å². The van der Waals surface area contributed by atoms with E-state index in [0.29, 0.717) is 17.2 Å². The molecule has 19 heavy (non-hydrogen) atoms. The van der Waals surface area contributed by atoms with Gasteiger partial charge in [0.15, 0.2) is 0 Å². The van der Waals surface area contributed by atoms with Gasteiger partial charge in [-0.05, 0) is 50.3 Å². The zero-order chi connectivity index (χ0) is 13.6. The standard InChI is InChI=1S/C14H18ClN3S/c1-8-4-5-9(2)18(7-8)12-11-6-10(3)19-13(11)17-14(15)16-12/h6,8-9H,4-5,7H2,1-3H3. The van der Waals surface area contributed by atoms with Gasteiger partial charge in [-0.2, -0.15) is 4.98 Å². The van der Waals surface area contributed by atoms with Crippen LogP contribution in [0.2, 0.25) is 5.28 Å². The van der Waals surface area contributed by atoms with Crippen LogP contribution < -0.4 is 4.90 Å². The Kier molecular flexibility index (Phi) is 3.39. The number of fused-ring (bicyclic) bond motifs is 1. The lowest BCUT2D eigenvalue weighted by Crippen LogP contribution is -2.41. The van der Waals surface area contributed by atoms with Gasteiger partial charge in [-0.3, -0.25) is 0 Å². The van der Waals surface area contributed by atoms with Crippen LogP contribution in [0.15, 0.2) is 6.07 Å². The molecule has 0 aromatic carbocycles. The highest BCUT2D eigenvalue weighted by atomic mass is 35.5. The van der Waals surface area contributed by atoms with Crippen molar-refractivity contribution in [2.75, 3.05) is 11.4 Å². The smallest absolute Gasteiger partial charge is 0.225 e. The number of thiophene rings is 1. The van der Waals surface area contributed by atoms with Gasteiger partial charge >= 0.3 is 0 Å². The Balaban J connectivity index is 2.12. The minimum absolute atomic E-state index is 0.356. The first-order chi connectivity index (χ1) is 9.04. The molecule has 3 heterocycles. The summed E-state index contributed by atoms with van der Waals surface area (Å²) in [7, 11) is 0. The van der Waals surface area contributed by atoms with Gasteiger partial charge in [0.2, 0.25) is 5.28 Å². The number of halogens is 1. The first-order valence-electron chi connectivity index (χ1n) is 6.75. The molecule has 0 radical (unpaired) electrons. The third-order valence-corrected chi connectivity index (χ3v) is 4.97. The highest BCUT2D eigenvalue weighted by molar-refractivity contribution is 7.18. The lowest BCUT2D eigenvalue weighted by Gasteiger charge is -2.38. The SMILES string of the molecule is Cc1cc2c(N3CC(C)CCC3C)nc(Cl)nc2s1. The molecule has 1 aliphatic heterocycles. The Morgan fingerprint density at radius 3 is 2.89 bits per heavy atom. The Labute approximate surface area is 122 Å². The minimum Gasteiger partial charge on any atom is -0.353 e. The van der Waals surface area contributed by atoms with Crippen LogP contribution in [0.4, 0.5) is 5.82 Å². The molecule has 0 amide bonds. The predicted molar refractivity (Wildman–Crippen MR) is 82.4 cm³/mol. The average molecular weight is 296 g/mol. The monoisotopic (exact) mass is 295 g/mol. The average Bonchev–Trinajstić information content (AvgIpc) is 2.71. The molecular formula is C14H18ClN3S. The number of hydrogen-bond donors (Lipinski definition) is 0. The fourth-order valence-electron chi connectivity index (χ4n) is 2.80. The Bertz CT molecular complexity index is 610. The third-order valence-electron chi connectivity index (χ3n) is 3.86. The zero-order valence-electron chi connectivity index (χ0n) is 11.5. The normalized spacial score (nSPS) is 24.1. The summed E-state index contributed by atoms with van der Waals surface area (Å²) >= 11 is 7.78. The van der Waals surface area contributed by atoms with E-state index >= 15 is 0 Å². The quantitative estimate of drug-likeness (QED) is 0.735. The van der Waals surface area contributed by atoms with Gasteiger partial charge in [-0.1, -0.05) is 6.92 Å². The van der Waals surface area contributed by atoms with Crippen molar-refractivity contribution in [2.45, 2.75) is 39.7 Å². The second-order valence-corrected chi connectivity index (χ2v) is 7.15. The van der Waals surface area contributed by atoms with Crippen LogP contribution in [0.1, 0.15) is 31.6 Å². The van der Waals surface area contributed by atoms with Crippen LogP contribution >= 0.6 is 22.9 Å². The molecule has 2 aromatic heterocycles. The van der Waals surface area contributed by atoms with Gasteiger partial charge in [0.05, 0.1) is 5.39 Å². The van der Waals surface area contributed by atoms with E-state index in [4.69, 9.17) is 11.6 Å². The molecule has 0 saturated carbocycles. The van der Waals surface area contributed by atoms with Crippen molar-refractivity contribution in [1.29, 1.82) is 0 Å². The van der Waals surface area contributed by atoms with E-state index in [0.717, 1.165) is 22.6 Å². The lowest BCUT2D eigenvalue weighted by atomic mass is 9.95. The predicted octanol–water partition coefficient (Wildman–Crippen LogP) is 4.28. The maximum atomic E-state index is 6.09. The second-order valence-electron chi connectivity index (χ2n) is 5.58.